The summed E-state index contributed by atoms with van der Waals surface area (Å²) in [5, 5.41) is 11.0. The fraction of sp³-hybridized carbons (Fsp3) is 0. The highest BCUT2D eigenvalue weighted by atomic mass is 35.5. The van der Waals surface area contributed by atoms with Crippen LogP contribution in [0.5, 0.6) is 0 Å². The van der Waals surface area contributed by atoms with Gasteiger partial charge in [0.25, 0.3) is 0 Å². The van der Waals surface area contributed by atoms with E-state index in [9.17, 15) is 14.9 Å². The number of hydrogen-bond donors (Lipinski definition) is 1. The molecule has 14 heavy (non-hydrogen) atoms. The first-order chi connectivity index (χ1) is 6.52. The molecule has 74 valence electrons. The second-order valence-corrected chi connectivity index (χ2v) is 2.82. The molecule has 7 heteroatoms. The third-order valence-corrected chi connectivity index (χ3v) is 1.72. The molecular formula is C7H6ClN3O3. The van der Waals surface area contributed by atoms with Gasteiger partial charge in [-0.05, 0) is 24.3 Å². The van der Waals surface area contributed by atoms with Gasteiger partial charge in [-0.15, -0.1) is 5.01 Å². The first kappa shape index (κ1) is 10.4. The molecule has 0 saturated carbocycles. The second-order valence-electron chi connectivity index (χ2n) is 2.39. The van der Waals surface area contributed by atoms with Crippen molar-refractivity contribution in [3.63, 3.8) is 0 Å². The van der Waals surface area contributed by atoms with Gasteiger partial charge < -0.3 is 10.1 Å². The lowest BCUT2D eigenvalue weighted by Gasteiger charge is -2.06. The van der Waals surface area contributed by atoms with Gasteiger partial charge in [-0.3, -0.25) is 0 Å². The van der Waals surface area contributed by atoms with Gasteiger partial charge in [-0.25, -0.2) is 0 Å². The number of hydrazine groups is 1. The molecular weight excluding hydrogens is 210 g/mol. The first-order valence-electron chi connectivity index (χ1n) is 3.51. The Morgan fingerprint density at radius 1 is 1.43 bits per heavy atom. The zero-order chi connectivity index (χ0) is 10.7. The standard InChI is InChI=1S/C7H6ClN3O3/c8-5-1-3-6(4-2-5)10(9)7(12)11(13)14/h1-4H,9H2. The summed E-state index contributed by atoms with van der Waals surface area (Å²) in [6.45, 7) is 0. The Bertz CT molecular complexity index is 365. The topological polar surface area (TPSA) is 89.5 Å². The summed E-state index contributed by atoms with van der Waals surface area (Å²) in [5.74, 6) is 5.19. The maximum absolute atomic E-state index is 10.8. The third kappa shape index (κ3) is 2.18. The van der Waals surface area contributed by atoms with Crippen molar-refractivity contribution in [3.8, 4) is 0 Å². The highest BCUT2D eigenvalue weighted by Crippen LogP contribution is 2.15. The van der Waals surface area contributed by atoms with Crippen molar-refractivity contribution in [2.45, 2.75) is 0 Å². The number of carbonyl (C=O) groups excluding carboxylic acids is 1. The van der Waals surface area contributed by atoms with Gasteiger partial charge in [0, 0.05) is 9.95 Å². The van der Waals surface area contributed by atoms with E-state index in [2.05, 4.69) is 0 Å². The van der Waals surface area contributed by atoms with E-state index < -0.39 is 11.0 Å². The highest BCUT2D eigenvalue weighted by Gasteiger charge is 2.23. The SMILES string of the molecule is NN(C(=O)[N+](=O)[O-])c1ccc(Cl)cc1. The van der Waals surface area contributed by atoms with E-state index in [0.717, 1.165) is 0 Å². The van der Waals surface area contributed by atoms with Gasteiger partial charge in [0.2, 0.25) is 0 Å². The molecule has 0 aliphatic carbocycles. The van der Waals surface area contributed by atoms with Crippen LogP contribution in [0.15, 0.2) is 24.3 Å². The number of halogens is 1. The Morgan fingerprint density at radius 3 is 2.36 bits per heavy atom. The molecule has 0 radical (unpaired) electrons. The quantitative estimate of drug-likeness (QED) is 0.332. The molecule has 0 bridgehead atoms. The van der Waals surface area contributed by atoms with Crippen LogP contribution in [0.2, 0.25) is 5.02 Å². The van der Waals surface area contributed by atoms with Crippen LogP contribution in [-0.2, 0) is 0 Å². The zero-order valence-electron chi connectivity index (χ0n) is 6.88. The van der Waals surface area contributed by atoms with E-state index in [-0.39, 0.29) is 5.69 Å². The average molecular weight is 216 g/mol. The van der Waals surface area contributed by atoms with Crippen LogP contribution in [0, 0.1) is 10.1 Å². The maximum Gasteiger partial charge on any atom is 0.558 e. The maximum atomic E-state index is 10.8. The summed E-state index contributed by atoms with van der Waals surface area (Å²) in [5.41, 5.74) is 0.205. The van der Waals surface area contributed by atoms with E-state index >= 15 is 0 Å². The summed E-state index contributed by atoms with van der Waals surface area (Å²) < 4.78 is 0. The molecule has 0 aliphatic rings. The van der Waals surface area contributed by atoms with Crippen LogP contribution in [0.3, 0.4) is 0 Å². The monoisotopic (exact) mass is 215 g/mol. The lowest BCUT2D eigenvalue weighted by atomic mass is 10.3. The number of nitrogens with two attached hydrogens (primary N) is 1. The van der Waals surface area contributed by atoms with E-state index in [1.165, 1.54) is 24.3 Å². The van der Waals surface area contributed by atoms with Crippen molar-refractivity contribution in [1.82, 2.24) is 0 Å². The molecule has 0 heterocycles. The number of anilines is 1. The van der Waals surface area contributed by atoms with Crippen LogP contribution in [0.25, 0.3) is 0 Å². The molecule has 1 rings (SSSR count). The minimum atomic E-state index is -1.40. The number of benzene rings is 1. The lowest BCUT2D eigenvalue weighted by Crippen LogP contribution is -2.40. The Morgan fingerprint density at radius 2 is 1.93 bits per heavy atom. The van der Waals surface area contributed by atoms with Gasteiger partial charge in [0.15, 0.2) is 5.69 Å². The number of nitro groups is 1. The molecule has 2 N–H and O–H groups in total. The van der Waals surface area contributed by atoms with E-state index in [4.69, 9.17) is 17.4 Å². The Kier molecular flexibility index (Phi) is 3.00. The first-order valence-corrected chi connectivity index (χ1v) is 3.89. The van der Waals surface area contributed by atoms with Crippen molar-refractivity contribution in [1.29, 1.82) is 0 Å². The van der Waals surface area contributed by atoms with E-state index in [0.29, 0.717) is 10.0 Å². The second kappa shape index (κ2) is 4.03. The average Bonchev–Trinajstić information content (AvgIpc) is 2.16. The summed E-state index contributed by atoms with van der Waals surface area (Å²) >= 11 is 5.58. The fourth-order valence-corrected chi connectivity index (χ4v) is 0.926. The minimum absolute atomic E-state index is 0.205. The summed E-state index contributed by atoms with van der Waals surface area (Å²) in [6, 6.07) is 4.37. The number of urea groups is 1. The number of amides is 2. The number of hydrogen-bond acceptors (Lipinski definition) is 4. The Hall–Kier alpha value is -1.66. The van der Waals surface area contributed by atoms with Gasteiger partial charge >= 0.3 is 6.03 Å². The van der Waals surface area contributed by atoms with Crippen LogP contribution in [0.4, 0.5) is 10.5 Å². The Balaban J connectivity index is 2.89. The molecule has 6 nitrogen and oxygen atoms in total. The van der Waals surface area contributed by atoms with Crippen molar-refractivity contribution in [2.24, 2.45) is 5.84 Å². The van der Waals surface area contributed by atoms with Crippen LogP contribution >= 0.6 is 11.6 Å². The molecule has 0 fully saturated rings. The predicted octanol–water partition coefficient (Wildman–Crippen LogP) is 1.42. The minimum Gasteiger partial charge on any atom is -0.355 e. The van der Waals surface area contributed by atoms with Gasteiger partial charge in [-0.2, -0.15) is 10.6 Å². The largest absolute Gasteiger partial charge is 0.558 e. The fourth-order valence-electron chi connectivity index (χ4n) is 0.800. The number of rotatable bonds is 1. The van der Waals surface area contributed by atoms with Crippen molar-refractivity contribution in [2.75, 3.05) is 5.01 Å². The van der Waals surface area contributed by atoms with Gasteiger partial charge in [0.1, 0.15) is 0 Å². The van der Waals surface area contributed by atoms with Crippen molar-refractivity contribution < 1.29 is 9.72 Å². The third-order valence-electron chi connectivity index (χ3n) is 1.47. The smallest absolute Gasteiger partial charge is 0.355 e. The summed E-state index contributed by atoms with van der Waals surface area (Å²) in [4.78, 5) is 19.8. The molecule has 0 aromatic heterocycles. The molecule has 1 aromatic rings. The normalized spacial score (nSPS) is 9.57. The molecule has 0 aliphatic heterocycles. The molecule has 0 saturated heterocycles. The molecule has 0 atom stereocenters. The van der Waals surface area contributed by atoms with E-state index in [1.807, 2.05) is 0 Å². The zero-order valence-corrected chi connectivity index (χ0v) is 7.64. The molecule has 1 aromatic carbocycles. The number of nitrogens with zero attached hydrogens (tertiary/aromatic N) is 2. The summed E-state index contributed by atoms with van der Waals surface area (Å²) in [6.07, 6.45) is 0. The summed E-state index contributed by atoms with van der Waals surface area (Å²) in [7, 11) is 0. The van der Waals surface area contributed by atoms with Crippen molar-refractivity contribution >= 4 is 23.3 Å². The van der Waals surface area contributed by atoms with Gasteiger partial charge in [0.05, 0.1) is 0 Å². The van der Waals surface area contributed by atoms with Crippen LogP contribution in [-0.4, -0.2) is 11.0 Å². The predicted molar refractivity (Wildman–Crippen MR) is 50.5 cm³/mol. The molecule has 0 unspecified atom stereocenters. The van der Waals surface area contributed by atoms with Crippen LogP contribution in [0.1, 0.15) is 0 Å². The van der Waals surface area contributed by atoms with Crippen LogP contribution < -0.4 is 10.9 Å². The molecule has 0 spiro atoms. The highest BCUT2D eigenvalue weighted by molar-refractivity contribution is 6.30. The van der Waals surface area contributed by atoms with Gasteiger partial charge in [-0.1, -0.05) is 11.6 Å². The Labute approximate surface area is 84.0 Å². The number of carbonyl (C=O) groups is 1. The lowest BCUT2D eigenvalue weighted by molar-refractivity contribution is -0.371. The molecule has 2 amide bonds. The van der Waals surface area contributed by atoms with Crippen molar-refractivity contribution in [3.05, 3.63) is 39.4 Å². The van der Waals surface area contributed by atoms with E-state index in [1.54, 1.807) is 0 Å².